The Balaban J connectivity index is 1.38. The van der Waals surface area contributed by atoms with Crippen molar-refractivity contribution >= 4 is 17.9 Å². The van der Waals surface area contributed by atoms with Crippen LogP contribution in [0.5, 0.6) is 11.5 Å². The highest BCUT2D eigenvalue weighted by molar-refractivity contribution is 6.03. The standard InChI is InChI=1S/C61H87N3O12/c1-3-5-6-7-8-9-10-11-12-21-32-62-59(68)75-50-30-31-55-53(43-50)57-51(29-20-23-35-66)49(28-19-22-34-65)42-52-54(63-74-46-48-26-17-14-18-27-48)44-56(61(76-55,58(52)57)73-37-4-2)64(33-38-70-39-36-67)60(69)72-41-40-71-45-47-24-15-13-16-25-47/h4,13-18,24-27,30-31,42-43,49,51,56-58,65-67H,2-3,5-12,19-23,28-29,32-41,44-46H2,1H3,(H,62,68)/t49-,51+,56-,57+,58+,61+/m0/s1. The van der Waals surface area contributed by atoms with Crippen LogP contribution in [0.1, 0.15) is 139 Å². The number of oxime groups is 1. The van der Waals surface area contributed by atoms with Crippen molar-refractivity contribution in [2.75, 3.05) is 65.9 Å². The zero-order valence-electron chi connectivity index (χ0n) is 45.2. The number of aliphatic hydroxyl groups is 3. The van der Waals surface area contributed by atoms with Crippen molar-refractivity contribution < 1.29 is 58.2 Å². The van der Waals surface area contributed by atoms with Gasteiger partial charge in [-0.2, -0.15) is 0 Å². The fraction of sp³-hybridized carbons (Fsp3) is 0.590. The predicted molar refractivity (Wildman–Crippen MR) is 294 cm³/mol. The lowest BCUT2D eigenvalue weighted by atomic mass is 9.55. The largest absolute Gasteiger partial charge is 0.459 e. The van der Waals surface area contributed by atoms with Gasteiger partial charge in [0.05, 0.1) is 51.3 Å². The Morgan fingerprint density at radius 3 is 2.14 bits per heavy atom. The molecule has 6 rings (SSSR count). The number of allylic oxidation sites excluding steroid dienone is 1. The van der Waals surface area contributed by atoms with Crippen LogP contribution in [-0.4, -0.2) is 116 Å². The quantitative estimate of drug-likeness (QED) is 0.0244. The molecule has 4 N–H and O–H groups in total. The molecule has 0 radical (unpaired) electrons. The van der Waals surface area contributed by atoms with Gasteiger partial charge in [0.15, 0.2) is 0 Å². The summed E-state index contributed by atoms with van der Waals surface area (Å²) in [6.45, 7) is 7.60. The number of hydrogen-bond donors (Lipinski definition) is 4. The monoisotopic (exact) mass is 1050 g/mol. The van der Waals surface area contributed by atoms with Crippen molar-refractivity contribution in [3.05, 3.63) is 120 Å². The molecule has 0 unspecified atom stereocenters. The molecule has 3 aromatic rings. The van der Waals surface area contributed by atoms with Crippen LogP contribution in [-0.2, 0) is 37.0 Å². The summed E-state index contributed by atoms with van der Waals surface area (Å²) in [5.74, 6) is -1.76. The van der Waals surface area contributed by atoms with E-state index in [9.17, 15) is 24.9 Å². The topological polar surface area (TPSA) is 187 Å². The summed E-state index contributed by atoms with van der Waals surface area (Å²) in [6, 6.07) is 24.1. The van der Waals surface area contributed by atoms with Gasteiger partial charge in [0, 0.05) is 44.2 Å². The van der Waals surface area contributed by atoms with E-state index in [1.54, 1.807) is 17.0 Å². The minimum absolute atomic E-state index is 0.0156. The molecule has 418 valence electrons. The fourth-order valence-electron chi connectivity index (χ4n) is 11.2. The van der Waals surface area contributed by atoms with Crippen LogP contribution in [0.15, 0.2) is 108 Å². The molecular formula is C61H87N3O12. The van der Waals surface area contributed by atoms with Crippen molar-refractivity contribution in [1.82, 2.24) is 10.2 Å². The molecule has 1 fully saturated rings. The van der Waals surface area contributed by atoms with Gasteiger partial charge in [0.2, 0.25) is 5.79 Å². The van der Waals surface area contributed by atoms with Crippen molar-refractivity contribution in [3.8, 4) is 11.5 Å². The fourth-order valence-corrected chi connectivity index (χ4v) is 11.2. The van der Waals surface area contributed by atoms with E-state index in [0.29, 0.717) is 43.2 Å². The molecule has 3 aliphatic rings. The van der Waals surface area contributed by atoms with Gasteiger partial charge in [0.1, 0.15) is 30.8 Å². The molecular weight excluding hydrogens is 967 g/mol. The zero-order valence-corrected chi connectivity index (χ0v) is 45.2. The first-order chi connectivity index (χ1) is 37.4. The van der Waals surface area contributed by atoms with Crippen LogP contribution in [0.4, 0.5) is 9.59 Å². The second kappa shape index (κ2) is 33.8. The number of unbranched alkanes of at least 4 members (excludes halogenated alkanes) is 11. The van der Waals surface area contributed by atoms with Gasteiger partial charge in [-0.15, -0.1) is 6.58 Å². The van der Waals surface area contributed by atoms with Crippen LogP contribution in [0, 0.1) is 17.8 Å². The summed E-state index contributed by atoms with van der Waals surface area (Å²) in [7, 11) is 0. The van der Waals surface area contributed by atoms with E-state index >= 15 is 0 Å². The van der Waals surface area contributed by atoms with Crippen molar-refractivity contribution in [1.29, 1.82) is 0 Å². The Kier molecular flexibility index (Phi) is 26.6. The first kappa shape index (κ1) is 59.9. The van der Waals surface area contributed by atoms with Crippen LogP contribution >= 0.6 is 0 Å². The number of hydrogen-bond acceptors (Lipinski definition) is 13. The maximum Gasteiger partial charge on any atom is 0.412 e. The number of nitrogens with one attached hydrogen (secondary N) is 1. The first-order valence-electron chi connectivity index (χ1n) is 28.3. The van der Waals surface area contributed by atoms with Gasteiger partial charge in [0.25, 0.3) is 0 Å². The van der Waals surface area contributed by atoms with Gasteiger partial charge in [-0.3, -0.25) is 4.90 Å². The molecule has 15 nitrogen and oxygen atoms in total. The van der Waals surface area contributed by atoms with Crippen molar-refractivity contribution in [2.24, 2.45) is 22.9 Å². The van der Waals surface area contributed by atoms with Gasteiger partial charge in [-0.05, 0) is 78.8 Å². The molecule has 3 aromatic carbocycles. The van der Waals surface area contributed by atoms with Gasteiger partial charge >= 0.3 is 12.2 Å². The number of carbonyl (C=O) groups excluding carboxylic acids is 2. The SMILES string of the molecule is C=CCO[C@@]12Oc3ccc(OC(=O)NCCCCCCCCCCCC)cc3[C@H]3[C@H](CCCCO)[C@@H](CCCCO)C=C(C(=NOCc4ccccc4)C[C@@H]1N(CCOCCO)C(=O)OCCOCc1ccccc1)[C@H]32. The Morgan fingerprint density at radius 2 is 1.46 bits per heavy atom. The van der Waals surface area contributed by atoms with Gasteiger partial charge in [-0.25, -0.2) is 9.59 Å². The maximum absolute atomic E-state index is 14.8. The lowest BCUT2D eigenvalue weighted by molar-refractivity contribution is -0.256. The van der Waals surface area contributed by atoms with E-state index in [0.717, 1.165) is 67.2 Å². The number of fused-ring (bicyclic) bond motifs is 2. The van der Waals surface area contributed by atoms with E-state index in [-0.39, 0.29) is 90.2 Å². The average molecular weight is 1050 g/mol. The minimum Gasteiger partial charge on any atom is -0.459 e. The van der Waals surface area contributed by atoms with E-state index < -0.39 is 29.9 Å². The first-order valence-corrected chi connectivity index (χ1v) is 28.3. The third-order valence-electron chi connectivity index (χ3n) is 14.8. The van der Waals surface area contributed by atoms with Gasteiger partial charge in [-0.1, -0.05) is 156 Å². The Hall–Kier alpha value is -5.29. The normalized spacial score (nSPS) is 20.9. The molecule has 2 amide bonds. The minimum atomic E-state index is -1.57. The number of carbonyl (C=O) groups is 2. The highest BCUT2D eigenvalue weighted by Gasteiger charge is 2.65. The summed E-state index contributed by atoms with van der Waals surface area (Å²) in [4.78, 5) is 36.1. The summed E-state index contributed by atoms with van der Waals surface area (Å²) in [5, 5.41) is 37.7. The molecule has 76 heavy (non-hydrogen) atoms. The van der Waals surface area contributed by atoms with E-state index in [1.165, 1.54) is 44.9 Å². The number of amides is 2. The predicted octanol–water partition coefficient (Wildman–Crippen LogP) is 11.2. The van der Waals surface area contributed by atoms with Crippen LogP contribution in [0.2, 0.25) is 0 Å². The molecule has 1 aliphatic heterocycles. The molecule has 1 heterocycles. The second-order valence-corrected chi connectivity index (χ2v) is 20.2. The molecule has 15 heteroatoms. The van der Waals surface area contributed by atoms with Gasteiger partial charge < -0.3 is 53.9 Å². The molecule has 0 spiro atoms. The number of rotatable bonds is 37. The summed E-state index contributed by atoms with van der Waals surface area (Å²) in [6.07, 6.45) is 19.1. The zero-order chi connectivity index (χ0) is 53.6. The average Bonchev–Trinajstić information content (AvgIpc) is 3.48. The Bertz CT molecular complexity index is 2210. The summed E-state index contributed by atoms with van der Waals surface area (Å²) >= 11 is 0. The molecule has 0 saturated heterocycles. The maximum atomic E-state index is 14.8. The number of aliphatic hydroxyl groups excluding tert-OH is 3. The Morgan fingerprint density at radius 1 is 0.776 bits per heavy atom. The molecule has 0 aromatic heterocycles. The lowest BCUT2D eigenvalue weighted by Gasteiger charge is -2.59. The number of benzene rings is 3. The molecule has 0 bridgehead atoms. The van der Waals surface area contributed by atoms with Crippen molar-refractivity contribution in [2.45, 2.75) is 147 Å². The van der Waals surface area contributed by atoms with E-state index in [4.69, 9.17) is 38.4 Å². The van der Waals surface area contributed by atoms with E-state index in [2.05, 4.69) is 24.9 Å². The van der Waals surface area contributed by atoms with Crippen LogP contribution in [0.3, 0.4) is 0 Å². The third-order valence-corrected chi connectivity index (χ3v) is 14.8. The second-order valence-electron chi connectivity index (χ2n) is 20.2. The number of ether oxygens (including phenoxy) is 6. The Labute approximate surface area is 452 Å². The molecule has 2 aliphatic carbocycles. The highest BCUT2D eigenvalue weighted by atomic mass is 16.7. The van der Waals surface area contributed by atoms with E-state index in [1.807, 2.05) is 72.8 Å². The summed E-state index contributed by atoms with van der Waals surface area (Å²) in [5.41, 5.74) is 4.21. The number of nitrogens with zero attached hydrogens (tertiary/aromatic N) is 2. The van der Waals surface area contributed by atoms with Crippen LogP contribution in [0.25, 0.3) is 0 Å². The van der Waals surface area contributed by atoms with Crippen LogP contribution < -0.4 is 14.8 Å². The lowest BCUT2D eigenvalue weighted by Crippen LogP contribution is -2.70. The molecule has 1 saturated carbocycles. The van der Waals surface area contributed by atoms with Crippen molar-refractivity contribution in [3.63, 3.8) is 0 Å². The smallest absolute Gasteiger partial charge is 0.412 e. The molecule has 6 atom stereocenters. The summed E-state index contributed by atoms with van der Waals surface area (Å²) < 4.78 is 38.3. The highest BCUT2D eigenvalue weighted by Crippen LogP contribution is 2.62. The third kappa shape index (κ3) is 17.9.